The highest BCUT2D eigenvalue weighted by Gasteiger charge is 2.17. The maximum absolute atomic E-state index is 5.59. The molecule has 3 heteroatoms. The Hall–Kier alpha value is 0.137. The van der Waals surface area contributed by atoms with Crippen molar-refractivity contribution in [3.8, 4) is 0 Å². The molecular formula is C7H18O2Si. The fourth-order valence-corrected chi connectivity index (χ4v) is 1.83. The third-order valence-electron chi connectivity index (χ3n) is 0.921. The van der Waals surface area contributed by atoms with Crippen molar-refractivity contribution in [3.63, 3.8) is 0 Å². The number of hydrogen-bond donors (Lipinski definition) is 0. The van der Waals surface area contributed by atoms with E-state index in [2.05, 4.69) is 19.6 Å². The molecule has 0 saturated carbocycles. The fourth-order valence-electron chi connectivity index (χ4n) is 0.767. The smallest absolute Gasteiger partial charge is 0.187 e. The zero-order chi connectivity index (χ0) is 8.20. The van der Waals surface area contributed by atoms with Gasteiger partial charge in [0, 0.05) is 6.61 Å². The van der Waals surface area contributed by atoms with Gasteiger partial charge in [-0.3, -0.25) is 0 Å². The van der Waals surface area contributed by atoms with Gasteiger partial charge in [-0.25, -0.2) is 0 Å². The third kappa shape index (κ3) is 6.26. The molecule has 1 unspecified atom stereocenters. The van der Waals surface area contributed by atoms with Crippen LogP contribution in [0.5, 0.6) is 0 Å². The van der Waals surface area contributed by atoms with Gasteiger partial charge in [0.15, 0.2) is 8.32 Å². The second-order valence-electron chi connectivity index (χ2n) is 3.25. The molecule has 10 heavy (non-hydrogen) atoms. The highest BCUT2D eigenvalue weighted by Crippen LogP contribution is 2.07. The van der Waals surface area contributed by atoms with Gasteiger partial charge in [-0.15, -0.1) is 0 Å². The van der Waals surface area contributed by atoms with E-state index in [4.69, 9.17) is 9.16 Å². The minimum absolute atomic E-state index is 0.0309. The summed E-state index contributed by atoms with van der Waals surface area (Å²) in [5.74, 6) is 0. The van der Waals surface area contributed by atoms with E-state index >= 15 is 0 Å². The van der Waals surface area contributed by atoms with Crippen molar-refractivity contribution in [2.75, 3.05) is 6.61 Å². The summed E-state index contributed by atoms with van der Waals surface area (Å²) in [6.45, 7) is 11.1. The Labute approximate surface area is 64.7 Å². The summed E-state index contributed by atoms with van der Waals surface area (Å²) in [6, 6.07) is 0. The Kier molecular flexibility index (Phi) is 4.16. The largest absolute Gasteiger partial charge is 0.393 e. The van der Waals surface area contributed by atoms with Crippen molar-refractivity contribution >= 4 is 8.32 Å². The Morgan fingerprint density at radius 2 is 1.80 bits per heavy atom. The molecule has 0 fully saturated rings. The van der Waals surface area contributed by atoms with Gasteiger partial charge in [0.2, 0.25) is 0 Å². The van der Waals surface area contributed by atoms with Crippen molar-refractivity contribution < 1.29 is 9.16 Å². The van der Waals surface area contributed by atoms with Crippen molar-refractivity contribution in [1.82, 2.24) is 0 Å². The molecule has 0 aliphatic carbocycles. The molecule has 1 atom stereocenters. The van der Waals surface area contributed by atoms with Crippen molar-refractivity contribution in [2.24, 2.45) is 0 Å². The van der Waals surface area contributed by atoms with Crippen LogP contribution < -0.4 is 0 Å². The van der Waals surface area contributed by atoms with Crippen molar-refractivity contribution in [1.29, 1.82) is 0 Å². The second-order valence-corrected chi connectivity index (χ2v) is 7.71. The predicted molar refractivity (Wildman–Crippen MR) is 45.5 cm³/mol. The fraction of sp³-hybridized carbons (Fsp3) is 1.00. The van der Waals surface area contributed by atoms with Gasteiger partial charge in [-0.1, -0.05) is 0 Å². The average Bonchev–Trinajstić information content (AvgIpc) is 1.59. The van der Waals surface area contributed by atoms with Crippen LogP contribution in [0.2, 0.25) is 19.6 Å². The van der Waals surface area contributed by atoms with Crippen LogP contribution in [-0.4, -0.2) is 21.2 Å². The molecular weight excluding hydrogens is 144 g/mol. The van der Waals surface area contributed by atoms with E-state index in [1.54, 1.807) is 0 Å². The summed E-state index contributed by atoms with van der Waals surface area (Å²) in [6.07, 6.45) is -0.0309. The minimum atomic E-state index is -1.38. The lowest BCUT2D eigenvalue weighted by Crippen LogP contribution is -2.31. The quantitative estimate of drug-likeness (QED) is 0.466. The summed E-state index contributed by atoms with van der Waals surface area (Å²) in [4.78, 5) is 0. The summed E-state index contributed by atoms with van der Waals surface area (Å²) in [5.41, 5.74) is 0. The number of hydrogen-bond acceptors (Lipinski definition) is 2. The normalized spacial score (nSPS) is 15.3. The number of ether oxygens (including phenoxy) is 1. The van der Waals surface area contributed by atoms with Gasteiger partial charge in [0.05, 0.1) is 0 Å². The Morgan fingerprint density at radius 3 is 2.10 bits per heavy atom. The van der Waals surface area contributed by atoms with E-state index in [0.717, 1.165) is 6.61 Å². The lowest BCUT2D eigenvalue weighted by Gasteiger charge is -2.22. The first-order valence-electron chi connectivity index (χ1n) is 3.75. The summed E-state index contributed by atoms with van der Waals surface area (Å²) >= 11 is 0. The van der Waals surface area contributed by atoms with E-state index in [1.807, 2.05) is 13.8 Å². The highest BCUT2D eigenvalue weighted by molar-refractivity contribution is 6.69. The molecule has 0 radical (unpaired) electrons. The third-order valence-corrected chi connectivity index (χ3v) is 1.96. The first-order valence-corrected chi connectivity index (χ1v) is 7.16. The molecule has 0 N–H and O–H groups in total. The van der Waals surface area contributed by atoms with Gasteiger partial charge in [0.1, 0.15) is 6.29 Å². The summed E-state index contributed by atoms with van der Waals surface area (Å²) in [7, 11) is -1.38. The zero-order valence-electron chi connectivity index (χ0n) is 7.60. The van der Waals surface area contributed by atoms with Gasteiger partial charge < -0.3 is 9.16 Å². The molecule has 2 nitrogen and oxygen atoms in total. The van der Waals surface area contributed by atoms with E-state index < -0.39 is 8.32 Å². The SMILES string of the molecule is CCOC(C)O[Si](C)(C)C. The van der Waals surface area contributed by atoms with Crippen LogP contribution in [0.4, 0.5) is 0 Å². The molecule has 0 aromatic carbocycles. The summed E-state index contributed by atoms with van der Waals surface area (Å²) < 4.78 is 10.8. The van der Waals surface area contributed by atoms with Gasteiger partial charge in [0.25, 0.3) is 0 Å². The van der Waals surface area contributed by atoms with Crippen LogP contribution >= 0.6 is 0 Å². The van der Waals surface area contributed by atoms with Crippen LogP contribution in [-0.2, 0) is 9.16 Å². The van der Waals surface area contributed by atoms with E-state index in [0.29, 0.717) is 0 Å². The lowest BCUT2D eigenvalue weighted by atomic mass is 10.7. The standard InChI is InChI=1S/C7H18O2Si/c1-6-8-7(2)9-10(3,4)5/h7H,6H2,1-5H3. The predicted octanol–water partition coefficient (Wildman–Crippen LogP) is 2.22. The second kappa shape index (κ2) is 4.11. The van der Waals surface area contributed by atoms with Gasteiger partial charge in [-0.05, 0) is 33.5 Å². The van der Waals surface area contributed by atoms with Crippen LogP contribution in [0, 0.1) is 0 Å². The molecule has 0 spiro atoms. The maximum Gasteiger partial charge on any atom is 0.187 e. The highest BCUT2D eigenvalue weighted by atomic mass is 28.4. The zero-order valence-corrected chi connectivity index (χ0v) is 8.60. The van der Waals surface area contributed by atoms with Crippen LogP contribution in [0.15, 0.2) is 0 Å². The molecule has 0 aliphatic rings. The van der Waals surface area contributed by atoms with E-state index in [9.17, 15) is 0 Å². The molecule has 0 aromatic heterocycles. The van der Waals surface area contributed by atoms with Gasteiger partial charge >= 0.3 is 0 Å². The topological polar surface area (TPSA) is 18.5 Å². The average molecular weight is 162 g/mol. The molecule has 0 heterocycles. The first-order chi connectivity index (χ1) is 4.45. The van der Waals surface area contributed by atoms with Crippen LogP contribution in [0.3, 0.4) is 0 Å². The molecule has 0 rings (SSSR count). The Morgan fingerprint density at radius 1 is 1.30 bits per heavy atom. The summed E-state index contributed by atoms with van der Waals surface area (Å²) in [5, 5.41) is 0. The van der Waals surface area contributed by atoms with E-state index in [1.165, 1.54) is 0 Å². The Bertz CT molecular complexity index is 88.1. The molecule has 0 bridgehead atoms. The molecule has 0 saturated heterocycles. The van der Waals surface area contributed by atoms with Crippen LogP contribution in [0.25, 0.3) is 0 Å². The monoisotopic (exact) mass is 162 g/mol. The van der Waals surface area contributed by atoms with E-state index in [-0.39, 0.29) is 6.29 Å². The van der Waals surface area contributed by atoms with Crippen molar-refractivity contribution in [2.45, 2.75) is 39.8 Å². The molecule has 0 amide bonds. The van der Waals surface area contributed by atoms with Gasteiger partial charge in [-0.2, -0.15) is 0 Å². The number of rotatable bonds is 4. The Balaban J connectivity index is 3.47. The molecule has 62 valence electrons. The molecule has 0 aliphatic heterocycles. The lowest BCUT2D eigenvalue weighted by molar-refractivity contribution is -0.0667. The maximum atomic E-state index is 5.59. The van der Waals surface area contributed by atoms with Crippen molar-refractivity contribution in [3.05, 3.63) is 0 Å². The van der Waals surface area contributed by atoms with Crippen LogP contribution in [0.1, 0.15) is 13.8 Å². The minimum Gasteiger partial charge on any atom is -0.393 e. The first kappa shape index (κ1) is 10.1. The molecule has 0 aromatic rings.